The minimum absolute atomic E-state index is 0.0361. The van der Waals surface area contributed by atoms with E-state index < -0.39 is 5.25 Å². The highest BCUT2D eigenvalue weighted by atomic mass is 32.2. The Morgan fingerprint density at radius 1 is 0.963 bits per heavy atom. The highest BCUT2D eigenvalue weighted by Crippen LogP contribution is 2.37. The first kappa shape index (κ1) is 17.8. The van der Waals surface area contributed by atoms with Crippen LogP contribution < -0.4 is 0 Å². The number of hydrogen-bond donors (Lipinski definition) is 0. The maximum atomic E-state index is 13.1. The van der Waals surface area contributed by atoms with Crippen LogP contribution in [0.2, 0.25) is 0 Å². The van der Waals surface area contributed by atoms with Crippen molar-refractivity contribution in [2.75, 3.05) is 26.3 Å². The Hall–Kier alpha value is -2.64. The number of aromatic nitrogens is 2. The Morgan fingerprint density at radius 3 is 2.33 bits per heavy atom. The lowest BCUT2D eigenvalue weighted by Crippen LogP contribution is -2.42. The molecule has 4 rings (SSSR count). The summed E-state index contributed by atoms with van der Waals surface area (Å²) in [6.45, 7) is 2.33. The number of amides is 1. The standard InChI is InChI=1S/C20H19N3O3S/c24-19(23-11-13-25-14-12-23)17(15-7-3-1-4-8-15)27-20-22-21-18(26-20)16-9-5-2-6-10-16/h1-10,17H,11-14H2/t17-/m0/s1. The monoisotopic (exact) mass is 381 g/mol. The molecule has 0 spiro atoms. The van der Waals surface area contributed by atoms with E-state index in [-0.39, 0.29) is 5.91 Å². The lowest BCUT2D eigenvalue weighted by molar-refractivity contribution is -0.134. The molecule has 1 saturated heterocycles. The topological polar surface area (TPSA) is 68.5 Å². The van der Waals surface area contributed by atoms with Crippen LogP contribution in [0.4, 0.5) is 0 Å². The van der Waals surface area contributed by atoms with Gasteiger partial charge in [0.1, 0.15) is 5.25 Å². The second-order valence-electron chi connectivity index (χ2n) is 6.09. The second kappa shape index (κ2) is 8.37. The zero-order valence-corrected chi connectivity index (χ0v) is 15.5. The van der Waals surface area contributed by atoms with Gasteiger partial charge in [-0.15, -0.1) is 10.2 Å². The number of ether oxygens (including phenoxy) is 1. The Labute approximate surface area is 161 Å². The maximum Gasteiger partial charge on any atom is 0.277 e. The molecule has 6 nitrogen and oxygen atoms in total. The molecule has 0 N–H and O–H groups in total. The summed E-state index contributed by atoms with van der Waals surface area (Å²) in [7, 11) is 0. The third kappa shape index (κ3) is 4.20. The predicted octanol–water partition coefficient (Wildman–Crippen LogP) is 3.43. The number of thioether (sulfide) groups is 1. The second-order valence-corrected chi connectivity index (χ2v) is 7.14. The number of nitrogens with zero attached hydrogens (tertiary/aromatic N) is 3. The van der Waals surface area contributed by atoms with Crippen molar-refractivity contribution in [3.8, 4) is 11.5 Å². The molecule has 1 fully saturated rings. The van der Waals surface area contributed by atoms with Gasteiger partial charge in [0, 0.05) is 18.7 Å². The van der Waals surface area contributed by atoms with Crippen molar-refractivity contribution in [3.05, 3.63) is 66.2 Å². The first-order valence-electron chi connectivity index (χ1n) is 8.78. The van der Waals surface area contributed by atoms with Crippen LogP contribution in [0.15, 0.2) is 70.3 Å². The highest BCUT2D eigenvalue weighted by molar-refractivity contribution is 8.00. The molecule has 1 aliphatic heterocycles. The highest BCUT2D eigenvalue weighted by Gasteiger charge is 2.30. The molecular formula is C20H19N3O3S. The van der Waals surface area contributed by atoms with Crippen LogP contribution in [-0.2, 0) is 9.53 Å². The average Bonchev–Trinajstić information content (AvgIpc) is 3.22. The van der Waals surface area contributed by atoms with Crippen molar-refractivity contribution in [1.82, 2.24) is 15.1 Å². The van der Waals surface area contributed by atoms with E-state index in [0.29, 0.717) is 37.4 Å². The lowest BCUT2D eigenvalue weighted by atomic mass is 10.1. The van der Waals surface area contributed by atoms with Gasteiger partial charge in [0.15, 0.2) is 0 Å². The third-order valence-corrected chi connectivity index (χ3v) is 5.37. The molecular weight excluding hydrogens is 362 g/mol. The van der Waals surface area contributed by atoms with Gasteiger partial charge in [-0.2, -0.15) is 0 Å². The van der Waals surface area contributed by atoms with E-state index in [4.69, 9.17) is 9.15 Å². The van der Waals surface area contributed by atoms with E-state index in [2.05, 4.69) is 10.2 Å². The summed E-state index contributed by atoms with van der Waals surface area (Å²) in [4.78, 5) is 15.0. The van der Waals surface area contributed by atoms with Crippen LogP contribution in [0.5, 0.6) is 0 Å². The largest absolute Gasteiger partial charge is 0.411 e. The summed E-state index contributed by atoms with van der Waals surface area (Å²) in [5, 5.41) is 8.20. The third-order valence-electron chi connectivity index (χ3n) is 4.30. The van der Waals surface area contributed by atoms with Gasteiger partial charge in [0.25, 0.3) is 5.22 Å². The van der Waals surface area contributed by atoms with E-state index in [9.17, 15) is 4.79 Å². The molecule has 0 aliphatic carbocycles. The lowest BCUT2D eigenvalue weighted by Gasteiger charge is -2.29. The fourth-order valence-electron chi connectivity index (χ4n) is 2.89. The Bertz CT molecular complexity index is 880. The summed E-state index contributed by atoms with van der Waals surface area (Å²) in [5.74, 6) is 0.484. The quantitative estimate of drug-likeness (QED) is 0.631. The molecule has 7 heteroatoms. The molecule has 0 unspecified atom stereocenters. The van der Waals surface area contributed by atoms with E-state index in [1.807, 2.05) is 65.6 Å². The van der Waals surface area contributed by atoms with Crippen molar-refractivity contribution in [3.63, 3.8) is 0 Å². The fourth-order valence-corrected chi connectivity index (χ4v) is 3.85. The summed E-state index contributed by atoms with van der Waals surface area (Å²) in [6, 6.07) is 19.3. The van der Waals surface area contributed by atoms with E-state index in [0.717, 1.165) is 11.1 Å². The van der Waals surface area contributed by atoms with Gasteiger partial charge in [0.2, 0.25) is 11.8 Å². The average molecular weight is 381 g/mol. The molecule has 1 aliphatic rings. The van der Waals surface area contributed by atoms with Crippen LogP contribution in [0.3, 0.4) is 0 Å². The molecule has 138 valence electrons. The number of morpholine rings is 1. The van der Waals surface area contributed by atoms with Gasteiger partial charge < -0.3 is 14.1 Å². The zero-order chi connectivity index (χ0) is 18.5. The molecule has 0 saturated carbocycles. The number of hydrogen-bond acceptors (Lipinski definition) is 6. The molecule has 0 bridgehead atoms. The van der Waals surface area contributed by atoms with Crippen molar-refractivity contribution in [2.45, 2.75) is 10.5 Å². The summed E-state index contributed by atoms with van der Waals surface area (Å²) < 4.78 is 11.2. The minimum atomic E-state index is -0.437. The summed E-state index contributed by atoms with van der Waals surface area (Å²) >= 11 is 1.29. The Balaban J connectivity index is 1.58. The van der Waals surface area contributed by atoms with Crippen molar-refractivity contribution < 1.29 is 13.9 Å². The zero-order valence-electron chi connectivity index (χ0n) is 14.7. The van der Waals surface area contributed by atoms with Gasteiger partial charge in [-0.1, -0.05) is 48.5 Å². The van der Waals surface area contributed by atoms with Crippen LogP contribution >= 0.6 is 11.8 Å². The molecule has 27 heavy (non-hydrogen) atoms. The summed E-state index contributed by atoms with van der Waals surface area (Å²) in [5.41, 5.74) is 1.77. The minimum Gasteiger partial charge on any atom is -0.411 e. The van der Waals surface area contributed by atoms with Gasteiger partial charge >= 0.3 is 0 Å². The van der Waals surface area contributed by atoms with Crippen LogP contribution in [-0.4, -0.2) is 47.3 Å². The number of carbonyl (C=O) groups is 1. The number of benzene rings is 2. The van der Waals surface area contributed by atoms with Crippen LogP contribution in [0.1, 0.15) is 10.8 Å². The normalized spacial score (nSPS) is 15.5. The van der Waals surface area contributed by atoms with Gasteiger partial charge in [0.05, 0.1) is 13.2 Å². The maximum absolute atomic E-state index is 13.1. The SMILES string of the molecule is O=C([C@@H](Sc1nnc(-c2ccccc2)o1)c1ccccc1)N1CCOCC1. The molecule has 1 atom stereocenters. The van der Waals surface area contributed by atoms with E-state index >= 15 is 0 Å². The Kier molecular flexibility index (Phi) is 5.50. The molecule has 2 heterocycles. The van der Waals surface area contributed by atoms with Crippen molar-refractivity contribution >= 4 is 17.7 Å². The Morgan fingerprint density at radius 2 is 1.63 bits per heavy atom. The summed E-state index contributed by atoms with van der Waals surface area (Å²) in [6.07, 6.45) is 0. The first-order valence-corrected chi connectivity index (χ1v) is 9.66. The molecule has 0 radical (unpaired) electrons. The molecule has 2 aromatic carbocycles. The van der Waals surface area contributed by atoms with Crippen molar-refractivity contribution in [1.29, 1.82) is 0 Å². The molecule has 1 amide bonds. The van der Waals surface area contributed by atoms with Crippen LogP contribution in [0.25, 0.3) is 11.5 Å². The smallest absolute Gasteiger partial charge is 0.277 e. The van der Waals surface area contributed by atoms with Gasteiger partial charge in [-0.05, 0) is 29.5 Å². The number of carbonyl (C=O) groups excluding carboxylic acids is 1. The first-order chi connectivity index (χ1) is 13.3. The molecule has 1 aromatic heterocycles. The van der Waals surface area contributed by atoms with E-state index in [1.54, 1.807) is 0 Å². The van der Waals surface area contributed by atoms with Gasteiger partial charge in [-0.25, -0.2) is 0 Å². The van der Waals surface area contributed by atoms with E-state index in [1.165, 1.54) is 11.8 Å². The molecule has 3 aromatic rings. The predicted molar refractivity (Wildman–Crippen MR) is 102 cm³/mol. The van der Waals surface area contributed by atoms with Crippen LogP contribution in [0, 0.1) is 0 Å². The number of rotatable bonds is 5. The fraction of sp³-hybridized carbons (Fsp3) is 0.250. The van der Waals surface area contributed by atoms with Crippen molar-refractivity contribution in [2.24, 2.45) is 0 Å². The van der Waals surface area contributed by atoms with Gasteiger partial charge in [-0.3, -0.25) is 4.79 Å².